The highest BCUT2D eigenvalue weighted by Crippen LogP contribution is 2.24. The van der Waals surface area contributed by atoms with Crippen LogP contribution in [0.5, 0.6) is 0 Å². The number of nitrogens with zero attached hydrogens (tertiary/aromatic N) is 7. The molecule has 0 spiro atoms. The fourth-order valence-corrected chi connectivity index (χ4v) is 4.45. The molecular weight excluding hydrogens is 600 g/mol. The largest absolute Gasteiger partial charge is 0.410 e. The van der Waals surface area contributed by atoms with Gasteiger partial charge in [-0.15, -0.1) is 10.2 Å². The van der Waals surface area contributed by atoms with E-state index in [4.69, 9.17) is 23.2 Å². The SMILES string of the molecule is CS(=O)(=O)CC(=O)N[C@H](Cn1c(-c2ccc(Cl)cc2)nn(Cc2ncn(-c3ncccc3Cl)n2)c1=O)C(F)(F)F. The van der Waals surface area contributed by atoms with Crippen LogP contribution in [0.25, 0.3) is 17.2 Å². The maximum Gasteiger partial charge on any atom is 0.410 e. The van der Waals surface area contributed by atoms with E-state index in [1.165, 1.54) is 41.5 Å². The number of rotatable bonds is 9. The van der Waals surface area contributed by atoms with Crippen LogP contribution >= 0.6 is 23.2 Å². The Morgan fingerprint density at radius 1 is 1.10 bits per heavy atom. The number of amides is 1. The number of pyridine rings is 1. The molecule has 0 radical (unpaired) electrons. The third kappa shape index (κ3) is 7.05. The van der Waals surface area contributed by atoms with Crippen molar-refractivity contribution in [3.8, 4) is 17.2 Å². The minimum Gasteiger partial charge on any atom is -0.342 e. The van der Waals surface area contributed by atoms with Crippen LogP contribution in [0.15, 0.2) is 53.7 Å². The van der Waals surface area contributed by atoms with E-state index >= 15 is 0 Å². The van der Waals surface area contributed by atoms with Crippen molar-refractivity contribution in [2.24, 2.45) is 0 Å². The molecule has 4 rings (SSSR count). The van der Waals surface area contributed by atoms with Gasteiger partial charge >= 0.3 is 11.9 Å². The topological polar surface area (TPSA) is 147 Å². The van der Waals surface area contributed by atoms with Crippen molar-refractivity contribution in [1.82, 2.24) is 39.4 Å². The van der Waals surface area contributed by atoms with Crippen LogP contribution in [0.4, 0.5) is 13.2 Å². The van der Waals surface area contributed by atoms with Gasteiger partial charge in [-0.25, -0.2) is 32.5 Å². The molecule has 1 atom stereocenters. The van der Waals surface area contributed by atoms with E-state index in [0.717, 1.165) is 4.68 Å². The van der Waals surface area contributed by atoms with Gasteiger partial charge in [-0.05, 0) is 36.4 Å². The Bertz CT molecular complexity index is 1700. The van der Waals surface area contributed by atoms with Crippen molar-refractivity contribution in [1.29, 1.82) is 0 Å². The molecule has 3 aromatic heterocycles. The second-order valence-corrected chi connectivity index (χ2v) is 11.5. The monoisotopic (exact) mass is 618 g/mol. The standard InChI is InChI=1S/C22H19Cl2F3N8O4S/c1-40(38,39)11-18(36)30-16(22(25,26)27)9-33-19(13-4-6-14(23)7-5-13)32-34(21(33)37)10-17-29-12-35(31-17)20-15(24)3-2-8-28-20/h2-8,12,16H,9-11H2,1H3,(H,30,36)/t16-/m1/s1. The predicted molar refractivity (Wildman–Crippen MR) is 138 cm³/mol. The van der Waals surface area contributed by atoms with Crippen molar-refractivity contribution >= 4 is 38.9 Å². The summed E-state index contributed by atoms with van der Waals surface area (Å²) >= 11 is 12.1. The molecule has 0 unspecified atom stereocenters. The summed E-state index contributed by atoms with van der Waals surface area (Å²) in [5.74, 6) is -2.36. The molecule has 212 valence electrons. The molecule has 1 aromatic carbocycles. The van der Waals surface area contributed by atoms with Crippen LogP contribution in [0.2, 0.25) is 10.0 Å². The smallest absolute Gasteiger partial charge is 0.342 e. The lowest BCUT2D eigenvalue weighted by Gasteiger charge is -2.22. The van der Waals surface area contributed by atoms with Crippen LogP contribution in [0, 0.1) is 0 Å². The Labute approximate surface area is 234 Å². The molecule has 3 heterocycles. The molecule has 0 fully saturated rings. The highest BCUT2D eigenvalue weighted by Gasteiger charge is 2.42. The maximum atomic E-state index is 13.9. The summed E-state index contributed by atoms with van der Waals surface area (Å²) in [7, 11) is -3.91. The van der Waals surface area contributed by atoms with Gasteiger partial charge in [0, 0.05) is 23.0 Å². The van der Waals surface area contributed by atoms with Crippen LogP contribution in [-0.2, 0) is 27.7 Å². The van der Waals surface area contributed by atoms with Gasteiger partial charge in [0.2, 0.25) is 5.91 Å². The number of alkyl halides is 3. The summed E-state index contributed by atoms with van der Waals surface area (Å²) in [6.45, 7) is -1.43. The number of hydrogen-bond acceptors (Lipinski definition) is 8. The number of carbonyl (C=O) groups excluding carboxylic acids is 1. The lowest BCUT2D eigenvalue weighted by Crippen LogP contribution is -2.50. The zero-order chi connectivity index (χ0) is 29.2. The van der Waals surface area contributed by atoms with Gasteiger partial charge in [0.1, 0.15) is 24.7 Å². The molecular formula is C22H19Cl2F3N8O4S. The molecule has 0 bridgehead atoms. The molecule has 1 N–H and O–H groups in total. The Hall–Kier alpha value is -3.76. The van der Waals surface area contributed by atoms with Crippen molar-refractivity contribution in [2.75, 3.05) is 12.0 Å². The van der Waals surface area contributed by atoms with Gasteiger partial charge in [-0.3, -0.25) is 9.36 Å². The quantitative estimate of drug-likeness (QED) is 0.300. The van der Waals surface area contributed by atoms with Gasteiger partial charge < -0.3 is 5.32 Å². The Kier molecular flexibility index (Phi) is 8.32. The van der Waals surface area contributed by atoms with Crippen LogP contribution < -0.4 is 11.0 Å². The first-order valence-corrected chi connectivity index (χ1v) is 14.0. The number of carbonyl (C=O) groups is 1. The van der Waals surface area contributed by atoms with Crippen molar-refractivity contribution in [2.45, 2.75) is 25.3 Å². The number of hydrogen-bond donors (Lipinski definition) is 1. The van der Waals surface area contributed by atoms with Crippen molar-refractivity contribution in [3.05, 3.63) is 75.3 Å². The van der Waals surface area contributed by atoms with E-state index in [1.54, 1.807) is 17.4 Å². The van der Waals surface area contributed by atoms with Gasteiger partial charge in [-0.2, -0.15) is 13.2 Å². The highest BCUT2D eigenvalue weighted by atomic mass is 35.5. The first-order valence-electron chi connectivity index (χ1n) is 11.2. The summed E-state index contributed by atoms with van der Waals surface area (Å²) in [6.07, 6.45) is -1.55. The minimum atomic E-state index is -5.03. The summed E-state index contributed by atoms with van der Waals surface area (Å²) in [5.41, 5.74) is -0.717. The summed E-state index contributed by atoms with van der Waals surface area (Å²) < 4.78 is 67.3. The predicted octanol–water partition coefficient (Wildman–Crippen LogP) is 2.13. The number of benzene rings is 1. The van der Waals surface area contributed by atoms with Gasteiger partial charge in [0.25, 0.3) is 0 Å². The van der Waals surface area contributed by atoms with E-state index in [9.17, 15) is 31.2 Å². The molecule has 0 saturated heterocycles. The molecule has 4 aromatic rings. The average Bonchev–Trinajstić information content (AvgIpc) is 3.43. The Morgan fingerprint density at radius 3 is 2.42 bits per heavy atom. The highest BCUT2D eigenvalue weighted by molar-refractivity contribution is 7.91. The first kappa shape index (κ1) is 29.2. The number of halogens is 5. The van der Waals surface area contributed by atoms with Crippen LogP contribution in [0.3, 0.4) is 0 Å². The summed E-state index contributed by atoms with van der Waals surface area (Å²) in [6, 6.07) is 6.41. The minimum absolute atomic E-state index is 0.0740. The number of nitrogens with one attached hydrogen (secondary N) is 1. The molecule has 1 amide bonds. The molecule has 0 aliphatic carbocycles. The molecule has 40 heavy (non-hydrogen) atoms. The van der Waals surface area contributed by atoms with Crippen molar-refractivity contribution in [3.63, 3.8) is 0 Å². The fraction of sp³-hybridized carbons (Fsp3) is 0.273. The van der Waals surface area contributed by atoms with E-state index in [-0.39, 0.29) is 34.6 Å². The molecule has 0 aliphatic heterocycles. The molecule has 12 nitrogen and oxygen atoms in total. The van der Waals surface area contributed by atoms with E-state index in [1.807, 2.05) is 0 Å². The average molecular weight is 619 g/mol. The third-order valence-electron chi connectivity index (χ3n) is 5.30. The summed E-state index contributed by atoms with van der Waals surface area (Å²) in [5, 5.41) is 10.7. The molecule has 0 aliphatic rings. The van der Waals surface area contributed by atoms with E-state index in [0.29, 0.717) is 15.8 Å². The maximum absolute atomic E-state index is 13.9. The lowest BCUT2D eigenvalue weighted by molar-refractivity contribution is -0.163. The zero-order valence-electron chi connectivity index (χ0n) is 20.4. The number of aromatic nitrogens is 7. The summed E-state index contributed by atoms with van der Waals surface area (Å²) in [4.78, 5) is 33.5. The van der Waals surface area contributed by atoms with Gasteiger partial charge in [0.15, 0.2) is 27.3 Å². The lowest BCUT2D eigenvalue weighted by atomic mass is 10.2. The normalized spacial score (nSPS) is 12.8. The van der Waals surface area contributed by atoms with Gasteiger partial charge in [-0.1, -0.05) is 23.2 Å². The van der Waals surface area contributed by atoms with Gasteiger partial charge in [0.05, 0.1) is 11.6 Å². The van der Waals surface area contributed by atoms with Crippen LogP contribution in [-0.4, -0.2) is 72.6 Å². The Morgan fingerprint density at radius 2 is 1.80 bits per heavy atom. The van der Waals surface area contributed by atoms with E-state index in [2.05, 4.69) is 20.2 Å². The fourth-order valence-electron chi connectivity index (χ4n) is 3.56. The van der Waals surface area contributed by atoms with Crippen LogP contribution in [0.1, 0.15) is 5.82 Å². The first-order chi connectivity index (χ1) is 18.7. The Balaban J connectivity index is 1.71. The second kappa shape index (κ2) is 11.4. The third-order valence-corrected chi connectivity index (χ3v) is 6.63. The zero-order valence-corrected chi connectivity index (χ0v) is 22.7. The molecule has 0 saturated carbocycles. The molecule has 18 heteroatoms. The second-order valence-electron chi connectivity index (χ2n) is 8.53. The van der Waals surface area contributed by atoms with Crippen molar-refractivity contribution < 1.29 is 26.4 Å². The number of sulfone groups is 1. The van der Waals surface area contributed by atoms with E-state index < -0.39 is 45.9 Å².